The van der Waals surface area contributed by atoms with Crippen molar-refractivity contribution in [1.29, 1.82) is 0 Å². The fraction of sp³-hybridized carbons (Fsp3) is 0.438. The third kappa shape index (κ3) is 3.03. The molecule has 0 radical (unpaired) electrons. The van der Waals surface area contributed by atoms with Crippen LogP contribution in [-0.2, 0) is 6.54 Å². The number of hydrogen-bond acceptors (Lipinski definition) is 2. The summed E-state index contributed by atoms with van der Waals surface area (Å²) in [6.45, 7) is 1.24. The summed E-state index contributed by atoms with van der Waals surface area (Å²) in [5.74, 6) is 0. The van der Waals surface area contributed by atoms with Gasteiger partial charge in [0.15, 0.2) is 0 Å². The van der Waals surface area contributed by atoms with Crippen molar-refractivity contribution in [1.82, 2.24) is 15.2 Å². The first kappa shape index (κ1) is 13.9. The van der Waals surface area contributed by atoms with Gasteiger partial charge in [0, 0.05) is 17.8 Å². The molecule has 2 aromatic rings. The number of aliphatic hydroxyl groups excluding tert-OH is 1. The Labute approximate surface area is 124 Å². The molecule has 0 bridgehead atoms. The minimum absolute atomic E-state index is 0.0403. The van der Waals surface area contributed by atoms with Crippen LogP contribution >= 0.6 is 0 Å². The zero-order valence-corrected chi connectivity index (χ0v) is 12.0. The van der Waals surface area contributed by atoms with Crippen molar-refractivity contribution in [3.63, 3.8) is 0 Å². The Morgan fingerprint density at radius 2 is 2.24 bits per heavy atom. The number of fused-ring (bicyclic) bond motifs is 1. The summed E-state index contributed by atoms with van der Waals surface area (Å²) < 4.78 is 0. The Balaban J connectivity index is 1.62. The number of aromatic nitrogens is 1. The first-order valence-corrected chi connectivity index (χ1v) is 7.50. The molecule has 0 spiro atoms. The van der Waals surface area contributed by atoms with Crippen LogP contribution in [0.3, 0.4) is 0 Å². The number of urea groups is 1. The van der Waals surface area contributed by atoms with Gasteiger partial charge in [-0.1, -0.05) is 18.2 Å². The highest BCUT2D eigenvalue weighted by molar-refractivity contribution is 5.80. The van der Waals surface area contributed by atoms with Crippen LogP contribution < -0.4 is 5.32 Å². The van der Waals surface area contributed by atoms with Crippen LogP contribution in [0.15, 0.2) is 30.3 Å². The number of benzene rings is 1. The molecule has 2 amide bonds. The number of nitrogens with one attached hydrogen (secondary N) is 2. The Kier molecular flexibility index (Phi) is 4.10. The summed E-state index contributed by atoms with van der Waals surface area (Å²) in [6, 6.07) is 9.97. The Morgan fingerprint density at radius 3 is 3.05 bits per heavy atom. The molecule has 5 nitrogen and oxygen atoms in total. The Hall–Kier alpha value is -2.01. The van der Waals surface area contributed by atoms with Crippen molar-refractivity contribution in [2.24, 2.45) is 0 Å². The zero-order valence-electron chi connectivity index (χ0n) is 12.0. The number of nitrogens with zero attached hydrogens (tertiary/aromatic N) is 1. The van der Waals surface area contributed by atoms with Crippen LogP contribution in [0, 0.1) is 0 Å². The normalized spacial score (nSPS) is 18.9. The number of aliphatic hydroxyl groups is 1. The van der Waals surface area contributed by atoms with Gasteiger partial charge in [-0.2, -0.15) is 0 Å². The molecule has 0 aliphatic carbocycles. The molecule has 1 aliphatic heterocycles. The number of hydrogen-bond donors (Lipinski definition) is 3. The number of para-hydroxylation sites is 1. The van der Waals surface area contributed by atoms with Crippen molar-refractivity contribution in [3.05, 3.63) is 36.0 Å². The fourth-order valence-corrected chi connectivity index (χ4v) is 2.96. The maximum absolute atomic E-state index is 12.2. The summed E-state index contributed by atoms with van der Waals surface area (Å²) in [4.78, 5) is 17.3. The van der Waals surface area contributed by atoms with Crippen molar-refractivity contribution in [3.8, 4) is 0 Å². The molecule has 1 aromatic carbocycles. The summed E-state index contributed by atoms with van der Waals surface area (Å²) in [6.07, 6.45) is 2.98. The molecule has 1 aliphatic rings. The Morgan fingerprint density at radius 1 is 1.38 bits per heavy atom. The smallest absolute Gasteiger partial charge is 0.318 e. The quantitative estimate of drug-likeness (QED) is 0.810. The minimum Gasteiger partial charge on any atom is -0.394 e. The van der Waals surface area contributed by atoms with Gasteiger partial charge < -0.3 is 20.3 Å². The molecule has 5 heteroatoms. The second-order valence-electron chi connectivity index (χ2n) is 5.57. The van der Waals surface area contributed by atoms with E-state index >= 15 is 0 Å². The maximum atomic E-state index is 12.2. The third-order valence-electron chi connectivity index (χ3n) is 4.11. The molecule has 1 atom stereocenters. The van der Waals surface area contributed by atoms with E-state index in [1.54, 1.807) is 4.90 Å². The summed E-state index contributed by atoms with van der Waals surface area (Å²) in [7, 11) is 0. The number of H-pyrrole nitrogens is 1. The van der Waals surface area contributed by atoms with Crippen molar-refractivity contribution >= 4 is 16.9 Å². The fourth-order valence-electron chi connectivity index (χ4n) is 2.96. The maximum Gasteiger partial charge on any atom is 0.318 e. The van der Waals surface area contributed by atoms with Crippen LogP contribution in [0.1, 0.15) is 25.0 Å². The molecule has 3 rings (SSSR count). The zero-order chi connectivity index (χ0) is 14.7. The highest BCUT2D eigenvalue weighted by Gasteiger charge is 2.25. The second kappa shape index (κ2) is 6.18. The van der Waals surface area contributed by atoms with Crippen molar-refractivity contribution < 1.29 is 9.90 Å². The van der Waals surface area contributed by atoms with Crippen LogP contribution in [0.2, 0.25) is 0 Å². The lowest BCUT2D eigenvalue weighted by molar-refractivity contribution is 0.108. The van der Waals surface area contributed by atoms with Gasteiger partial charge in [0.1, 0.15) is 0 Å². The van der Waals surface area contributed by atoms with Crippen molar-refractivity contribution in [2.45, 2.75) is 31.8 Å². The van der Waals surface area contributed by atoms with Crippen molar-refractivity contribution in [2.75, 3.05) is 13.2 Å². The van der Waals surface area contributed by atoms with E-state index in [1.807, 2.05) is 24.3 Å². The average molecular weight is 287 g/mol. The molecule has 1 saturated heterocycles. The van der Waals surface area contributed by atoms with Gasteiger partial charge in [-0.3, -0.25) is 0 Å². The van der Waals surface area contributed by atoms with Crippen LogP contribution in [0.5, 0.6) is 0 Å². The number of carbonyl (C=O) groups is 1. The topological polar surface area (TPSA) is 68.4 Å². The number of piperidine rings is 1. The molecule has 1 aromatic heterocycles. The largest absolute Gasteiger partial charge is 0.394 e. The van der Waals surface area contributed by atoms with E-state index < -0.39 is 0 Å². The highest BCUT2D eigenvalue weighted by Crippen LogP contribution is 2.17. The molecular weight excluding hydrogens is 266 g/mol. The number of rotatable bonds is 3. The minimum atomic E-state index is -0.0904. The standard InChI is InChI=1S/C16H21N3O2/c20-11-14-6-3-4-8-19(14)16(21)17-10-13-9-12-5-1-2-7-15(12)18-13/h1-2,5,7,9,14,18,20H,3-4,6,8,10-11H2,(H,17,21)/t14-/m0/s1. The summed E-state index contributed by atoms with van der Waals surface area (Å²) >= 11 is 0. The SMILES string of the molecule is O=C(NCc1cc2ccccc2[nH]1)N1CCCC[C@H]1CO. The van der Waals surface area contributed by atoms with Gasteiger partial charge in [-0.15, -0.1) is 0 Å². The number of likely N-dealkylation sites (tertiary alicyclic amines) is 1. The predicted molar refractivity (Wildman–Crippen MR) is 82.0 cm³/mol. The summed E-state index contributed by atoms with van der Waals surface area (Å²) in [5.41, 5.74) is 2.06. The molecule has 21 heavy (non-hydrogen) atoms. The monoisotopic (exact) mass is 287 g/mol. The molecule has 0 saturated carbocycles. The average Bonchev–Trinajstić information content (AvgIpc) is 2.95. The first-order chi connectivity index (χ1) is 10.3. The lowest BCUT2D eigenvalue weighted by Gasteiger charge is -2.34. The molecule has 112 valence electrons. The van der Waals surface area contributed by atoms with Gasteiger partial charge in [0.05, 0.1) is 19.2 Å². The van der Waals surface area contributed by atoms with Gasteiger partial charge in [0.2, 0.25) is 0 Å². The molecular formula is C16H21N3O2. The molecule has 3 N–H and O–H groups in total. The van der Waals surface area contributed by atoms with E-state index in [9.17, 15) is 9.90 Å². The first-order valence-electron chi connectivity index (χ1n) is 7.50. The van der Waals surface area contributed by atoms with Crippen LogP contribution in [-0.4, -0.2) is 40.2 Å². The van der Waals surface area contributed by atoms with E-state index in [-0.39, 0.29) is 18.7 Å². The van der Waals surface area contributed by atoms with Crippen LogP contribution in [0.25, 0.3) is 10.9 Å². The van der Waals surface area contributed by atoms with E-state index in [0.717, 1.165) is 42.4 Å². The van der Waals surface area contributed by atoms with E-state index in [2.05, 4.69) is 16.4 Å². The number of carbonyl (C=O) groups excluding carboxylic acids is 1. The third-order valence-corrected chi connectivity index (χ3v) is 4.11. The van der Waals surface area contributed by atoms with Gasteiger partial charge >= 0.3 is 6.03 Å². The molecule has 0 unspecified atom stereocenters. The molecule has 2 heterocycles. The number of aromatic amines is 1. The van der Waals surface area contributed by atoms with E-state index in [0.29, 0.717) is 6.54 Å². The lowest BCUT2D eigenvalue weighted by Crippen LogP contribution is -2.49. The highest BCUT2D eigenvalue weighted by atomic mass is 16.3. The van der Waals surface area contributed by atoms with Crippen LogP contribution in [0.4, 0.5) is 4.79 Å². The number of amides is 2. The predicted octanol–water partition coefficient (Wildman–Crippen LogP) is 2.22. The van der Waals surface area contributed by atoms with E-state index in [1.165, 1.54) is 0 Å². The molecule has 1 fully saturated rings. The van der Waals surface area contributed by atoms with Gasteiger partial charge in [0.25, 0.3) is 0 Å². The van der Waals surface area contributed by atoms with Gasteiger partial charge in [-0.05, 0) is 36.8 Å². The summed E-state index contributed by atoms with van der Waals surface area (Å²) in [5, 5.41) is 13.4. The lowest BCUT2D eigenvalue weighted by atomic mass is 10.0. The van der Waals surface area contributed by atoms with Gasteiger partial charge in [-0.25, -0.2) is 4.79 Å². The van der Waals surface area contributed by atoms with E-state index in [4.69, 9.17) is 0 Å². The Bertz CT molecular complexity index is 590. The second-order valence-corrected chi connectivity index (χ2v) is 5.57.